The summed E-state index contributed by atoms with van der Waals surface area (Å²) in [6, 6.07) is 0.967. The van der Waals surface area contributed by atoms with Gasteiger partial charge < -0.3 is 15.3 Å². The Hall–Kier alpha value is -2.58. The zero-order chi connectivity index (χ0) is 27.2. The summed E-state index contributed by atoms with van der Waals surface area (Å²) in [4.78, 5) is 36.5. The summed E-state index contributed by atoms with van der Waals surface area (Å²) in [7, 11) is 0. The number of hydrogen-bond donors (Lipinski definition) is 2. The van der Waals surface area contributed by atoms with Gasteiger partial charge in [0.15, 0.2) is 0 Å². The zero-order valence-corrected chi connectivity index (χ0v) is 23.0. The van der Waals surface area contributed by atoms with Crippen LogP contribution in [0.25, 0.3) is 5.57 Å². The van der Waals surface area contributed by atoms with Crippen LogP contribution in [0.3, 0.4) is 0 Å². The van der Waals surface area contributed by atoms with Crippen LogP contribution >= 0.6 is 11.6 Å². The van der Waals surface area contributed by atoms with E-state index in [0.717, 1.165) is 37.9 Å². The minimum atomic E-state index is -0.645. The maximum Gasteiger partial charge on any atom is 0.228 e. The van der Waals surface area contributed by atoms with Crippen molar-refractivity contribution in [3.8, 4) is 0 Å². The molecule has 0 bridgehead atoms. The highest BCUT2D eigenvalue weighted by molar-refractivity contribution is 6.32. The topological polar surface area (TPSA) is 94.9 Å². The van der Waals surface area contributed by atoms with Gasteiger partial charge in [0.2, 0.25) is 5.91 Å². The van der Waals surface area contributed by atoms with Crippen LogP contribution in [0, 0.1) is 11.8 Å². The lowest BCUT2D eigenvalue weighted by Gasteiger charge is -2.37. The number of Topliss-reactive ketones (excluding diaryl/α,β-unsaturated/α-hetero) is 1. The Balaban J connectivity index is 1.30. The first kappa shape index (κ1) is 27.0. The molecule has 1 aromatic heterocycles. The number of halogens is 2. The predicted molar refractivity (Wildman–Crippen MR) is 147 cm³/mol. The van der Waals surface area contributed by atoms with Crippen LogP contribution in [-0.2, 0) is 9.59 Å². The number of nitrogens with one attached hydrogen (secondary N) is 1. The van der Waals surface area contributed by atoms with Gasteiger partial charge in [-0.15, -0.1) is 0 Å². The quantitative estimate of drug-likeness (QED) is 0.475. The van der Waals surface area contributed by atoms with Gasteiger partial charge in [0.25, 0.3) is 0 Å². The average Bonchev–Trinajstić information content (AvgIpc) is 3.37. The second-order valence-electron chi connectivity index (χ2n) is 11.9. The molecular formula is C29H36ClFN4O3. The molecule has 2 aliphatic carbocycles. The van der Waals surface area contributed by atoms with E-state index >= 15 is 4.39 Å². The molecule has 9 heteroatoms. The first-order valence-corrected chi connectivity index (χ1v) is 14.0. The SMILES string of the molecule is CC(O)CC(=O)C[C@@H]1CCC[C@H](C(=O)Nc2cc(C3=CC4C(N=C5CCC(C)(C)N54)C(F)=C3)c(Cl)cn2)C1. The number of hydrogen-bond acceptors (Lipinski definition) is 6. The average molecular weight is 543 g/mol. The Morgan fingerprint density at radius 2 is 2.13 bits per heavy atom. The molecule has 1 aromatic rings. The van der Waals surface area contributed by atoms with Gasteiger partial charge in [-0.1, -0.05) is 24.1 Å². The molecule has 3 unspecified atom stereocenters. The number of pyridine rings is 1. The lowest BCUT2D eigenvalue weighted by atomic mass is 9.78. The summed E-state index contributed by atoms with van der Waals surface area (Å²) in [5, 5.41) is 12.8. The monoisotopic (exact) mass is 542 g/mol. The summed E-state index contributed by atoms with van der Waals surface area (Å²) in [5.41, 5.74) is 1.17. The van der Waals surface area contributed by atoms with E-state index in [4.69, 9.17) is 11.6 Å². The van der Waals surface area contributed by atoms with Crippen molar-refractivity contribution in [1.29, 1.82) is 0 Å². The van der Waals surface area contributed by atoms with Crippen LogP contribution in [0.4, 0.5) is 10.2 Å². The maximum absolute atomic E-state index is 15.2. The van der Waals surface area contributed by atoms with E-state index in [9.17, 15) is 14.7 Å². The zero-order valence-electron chi connectivity index (χ0n) is 22.2. The number of amidine groups is 1. The molecule has 5 atom stereocenters. The number of rotatable bonds is 7. The fourth-order valence-electron chi connectivity index (χ4n) is 6.52. The molecule has 5 rings (SSSR count). The maximum atomic E-state index is 15.2. The van der Waals surface area contributed by atoms with Crippen LogP contribution in [0.2, 0.25) is 5.02 Å². The number of allylic oxidation sites excluding steroid dienone is 2. The molecule has 204 valence electrons. The number of aromatic nitrogens is 1. The fraction of sp³-hybridized carbons (Fsp3) is 0.586. The number of aliphatic imine (C=N–C) groups is 1. The molecule has 1 saturated carbocycles. The lowest BCUT2D eigenvalue weighted by molar-refractivity contribution is -0.124. The molecule has 0 spiro atoms. The molecule has 4 aliphatic rings. The number of carbonyl (C=O) groups is 2. The van der Waals surface area contributed by atoms with Crippen molar-refractivity contribution in [3.05, 3.63) is 40.8 Å². The van der Waals surface area contributed by atoms with Gasteiger partial charge in [0.05, 0.1) is 17.2 Å². The molecule has 0 aromatic carbocycles. The largest absolute Gasteiger partial charge is 0.393 e. The van der Waals surface area contributed by atoms with Crippen LogP contribution in [0.1, 0.15) is 77.7 Å². The molecule has 3 heterocycles. The first-order chi connectivity index (χ1) is 18.0. The molecule has 2 fully saturated rings. The van der Waals surface area contributed by atoms with Gasteiger partial charge in [-0.3, -0.25) is 14.6 Å². The van der Waals surface area contributed by atoms with E-state index in [1.807, 2.05) is 6.08 Å². The summed E-state index contributed by atoms with van der Waals surface area (Å²) in [5.74, 6) is 0.860. The predicted octanol–water partition coefficient (Wildman–Crippen LogP) is 5.48. The number of ketones is 1. The van der Waals surface area contributed by atoms with Gasteiger partial charge in [0.1, 0.15) is 29.3 Å². The summed E-state index contributed by atoms with van der Waals surface area (Å²) < 4.78 is 15.2. The Bertz CT molecular complexity index is 1220. The van der Waals surface area contributed by atoms with Gasteiger partial charge in [-0.05, 0) is 70.1 Å². The summed E-state index contributed by atoms with van der Waals surface area (Å²) in [6.07, 6.45) is 9.90. The van der Waals surface area contributed by atoms with Crippen molar-refractivity contribution in [3.63, 3.8) is 0 Å². The molecular weight excluding hydrogens is 507 g/mol. The van der Waals surface area contributed by atoms with Crippen LogP contribution in [-0.4, -0.2) is 56.2 Å². The normalized spacial score (nSPS) is 28.6. The first-order valence-electron chi connectivity index (χ1n) is 13.6. The van der Waals surface area contributed by atoms with Crippen molar-refractivity contribution in [1.82, 2.24) is 9.88 Å². The van der Waals surface area contributed by atoms with Crippen molar-refractivity contribution < 1.29 is 19.1 Å². The highest BCUT2D eigenvalue weighted by Crippen LogP contribution is 2.44. The lowest BCUT2D eigenvalue weighted by Crippen LogP contribution is -2.47. The molecule has 0 radical (unpaired) electrons. The number of fused-ring (bicyclic) bond motifs is 3. The van der Waals surface area contributed by atoms with Crippen molar-refractivity contribution in [2.45, 2.75) is 95.9 Å². The Kier molecular flexibility index (Phi) is 7.48. The minimum absolute atomic E-state index is 0.0375. The van der Waals surface area contributed by atoms with E-state index in [-0.39, 0.29) is 47.4 Å². The molecule has 7 nitrogen and oxygen atoms in total. The highest BCUT2D eigenvalue weighted by atomic mass is 35.5. The fourth-order valence-corrected chi connectivity index (χ4v) is 6.73. The number of aliphatic hydroxyl groups excluding tert-OH is 1. The number of anilines is 1. The van der Waals surface area contributed by atoms with E-state index in [1.165, 1.54) is 12.3 Å². The van der Waals surface area contributed by atoms with Crippen molar-refractivity contribution in [2.24, 2.45) is 16.8 Å². The smallest absolute Gasteiger partial charge is 0.228 e. The van der Waals surface area contributed by atoms with Crippen LogP contribution < -0.4 is 5.32 Å². The third-order valence-electron chi connectivity index (χ3n) is 8.34. The van der Waals surface area contributed by atoms with Gasteiger partial charge in [0, 0.05) is 42.5 Å². The molecule has 2 N–H and O–H groups in total. The highest BCUT2D eigenvalue weighted by Gasteiger charge is 2.49. The minimum Gasteiger partial charge on any atom is -0.393 e. The molecule has 1 amide bonds. The number of amides is 1. The van der Waals surface area contributed by atoms with Gasteiger partial charge in [-0.2, -0.15) is 0 Å². The van der Waals surface area contributed by atoms with E-state index in [1.54, 1.807) is 13.0 Å². The summed E-state index contributed by atoms with van der Waals surface area (Å²) >= 11 is 6.52. The van der Waals surface area contributed by atoms with Gasteiger partial charge in [-0.25, -0.2) is 9.37 Å². The van der Waals surface area contributed by atoms with Crippen LogP contribution in [0.15, 0.2) is 35.2 Å². The summed E-state index contributed by atoms with van der Waals surface area (Å²) in [6.45, 7) is 5.93. The van der Waals surface area contributed by atoms with Crippen molar-refractivity contribution >= 4 is 40.5 Å². The second kappa shape index (κ2) is 10.5. The number of nitrogens with zero attached hydrogens (tertiary/aromatic N) is 3. The second-order valence-corrected chi connectivity index (χ2v) is 12.3. The van der Waals surface area contributed by atoms with Crippen LogP contribution in [0.5, 0.6) is 0 Å². The number of carbonyl (C=O) groups excluding carboxylic acids is 2. The van der Waals surface area contributed by atoms with E-state index in [0.29, 0.717) is 34.8 Å². The Labute approximate surface area is 228 Å². The van der Waals surface area contributed by atoms with Gasteiger partial charge >= 0.3 is 0 Å². The van der Waals surface area contributed by atoms with Crippen molar-refractivity contribution in [2.75, 3.05) is 5.32 Å². The standard InChI is InChI=1S/C29H36ClFN4O3/c1-16(36)9-20(37)11-17-5-4-6-18(10-17)28(38)33-25-14-21(22(30)15-32-25)19-12-23(31)27-24(13-19)35-26(34-27)7-8-29(35,2)3/h12-18,24,27,36H,4-11H2,1-3H3,(H,32,33,38)/t16?,17-,18+,24?,27?/m1/s1. The molecule has 38 heavy (non-hydrogen) atoms. The van der Waals surface area contributed by atoms with E-state index < -0.39 is 12.1 Å². The third-order valence-corrected chi connectivity index (χ3v) is 8.64. The Morgan fingerprint density at radius 3 is 2.89 bits per heavy atom. The molecule has 2 aliphatic heterocycles. The Morgan fingerprint density at radius 1 is 1.34 bits per heavy atom. The number of aliphatic hydroxyl groups is 1. The molecule has 1 saturated heterocycles. The van der Waals surface area contributed by atoms with E-state index in [2.05, 4.69) is 34.0 Å². The third kappa shape index (κ3) is 5.43.